The van der Waals surface area contributed by atoms with Crippen LogP contribution < -0.4 is 0 Å². The van der Waals surface area contributed by atoms with E-state index in [4.69, 9.17) is 9.47 Å². The molecular formula is C20H28FNO3. The van der Waals surface area contributed by atoms with Crippen LogP contribution in [0.1, 0.15) is 57.1 Å². The molecule has 1 saturated carbocycles. The Morgan fingerprint density at radius 2 is 2.00 bits per heavy atom. The highest BCUT2D eigenvalue weighted by Crippen LogP contribution is 2.37. The van der Waals surface area contributed by atoms with Crippen molar-refractivity contribution in [2.45, 2.75) is 63.2 Å². The molecule has 0 aromatic heterocycles. The van der Waals surface area contributed by atoms with Crippen LogP contribution in [-0.2, 0) is 14.3 Å². The molecular weight excluding hydrogens is 321 g/mol. The summed E-state index contributed by atoms with van der Waals surface area (Å²) in [5.74, 6) is -0.139. The number of benzene rings is 1. The smallest absolute Gasteiger partial charge is 0.254 e. The quantitative estimate of drug-likeness (QED) is 0.810. The Morgan fingerprint density at radius 1 is 1.32 bits per heavy atom. The summed E-state index contributed by atoms with van der Waals surface area (Å²) in [6, 6.07) is 6.57. The zero-order chi connectivity index (χ0) is 17.9. The highest BCUT2D eigenvalue weighted by atomic mass is 19.1. The molecule has 1 amide bonds. The van der Waals surface area contributed by atoms with E-state index in [2.05, 4.69) is 0 Å². The fourth-order valence-electron chi connectivity index (χ4n) is 4.17. The van der Waals surface area contributed by atoms with Crippen LogP contribution in [0.2, 0.25) is 0 Å². The summed E-state index contributed by atoms with van der Waals surface area (Å²) in [4.78, 5) is 15.0. The normalized spacial score (nSPS) is 25.7. The number of hydrogen-bond acceptors (Lipinski definition) is 3. The first kappa shape index (κ1) is 18.3. The van der Waals surface area contributed by atoms with Crippen molar-refractivity contribution >= 4 is 5.91 Å². The van der Waals surface area contributed by atoms with E-state index in [0.29, 0.717) is 13.2 Å². The van der Waals surface area contributed by atoms with E-state index in [1.165, 1.54) is 12.1 Å². The SMILES string of the molecule is CCOC1(C(=O)N(C)C2CCOC(c3ccc(F)cc3)C2)CCCC1. The van der Waals surface area contributed by atoms with E-state index in [1.54, 1.807) is 12.1 Å². The lowest BCUT2D eigenvalue weighted by atomic mass is 9.94. The van der Waals surface area contributed by atoms with Crippen molar-refractivity contribution in [2.75, 3.05) is 20.3 Å². The van der Waals surface area contributed by atoms with E-state index in [-0.39, 0.29) is 23.9 Å². The molecule has 4 nitrogen and oxygen atoms in total. The molecule has 2 unspecified atom stereocenters. The number of carbonyl (C=O) groups excluding carboxylic acids is 1. The Balaban J connectivity index is 1.69. The molecule has 0 N–H and O–H groups in total. The summed E-state index contributed by atoms with van der Waals surface area (Å²) in [5.41, 5.74) is 0.333. The third-order valence-electron chi connectivity index (χ3n) is 5.59. The van der Waals surface area contributed by atoms with Gasteiger partial charge in [0.15, 0.2) is 0 Å². The molecule has 2 aliphatic rings. The van der Waals surface area contributed by atoms with Gasteiger partial charge in [0.2, 0.25) is 0 Å². The van der Waals surface area contributed by atoms with Gasteiger partial charge in [0.05, 0.1) is 6.10 Å². The Kier molecular flexibility index (Phi) is 5.74. The summed E-state index contributed by atoms with van der Waals surface area (Å²) >= 11 is 0. The van der Waals surface area contributed by atoms with Crippen LogP contribution in [0.3, 0.4) is 0 Å². The molecule has 25 heavy (non-hydrogen) atoms. The minimum Gasteiger partial charge on any atom is -0.373 e. The summed E-state index contributed by atoms with van der Waals surface area (Å²) in [6.07, 6.45) is 5.18. The van der Waals surface area contributed by atoms with Crippen molar-refractivity contribution in [1.82, 2.24) is 4.90 Å². The number of amides is 1. The predicted molar refractivity (Wildman–Crippen MR) is 93.7 cm³/mol. The number of hydrogen-bond donors (Lipinski definition) is 0. The zero-order valence-electron chi connectivity index (χ0n) is 15.2. The Morgan fingerprint density at radius 3 is 2.64 bits per heavy atom. The van der Waals surface area contributed by atoms with Crippen molar-refractivity contribution in [3.05, 3.63) is 35.6 Å². The van der Waals surface area contributed by atoms with Gasteiger partial charge in [0.25, 0.3) is 5.91 Å². The van der Waals surface area contributed by atoms with Gasteiger partial charge in [-0.25, -0.2) is 4.39 Å². The van der Waals surface area contributed by atoms with Gasteiger partial charge in [0, 0.05) is 26.3 Å². The molecule has 2 fully saturated rings. The van der Waals surface area contributed by atoms with Crippen molar-refractivity contribution < 1.29 is 18.7 Å². The molecule has 2 atom stereocenters. The summed E-state index contributed by atoms with van der Waals surface area (Å²) < 4.78 is 24.9. The van der Waals surface area contributed by atoms with E-state index < -0.39 is 5.60 Å². The standard InChI is InChI=1S/C20H28FNO3/c1-3-25-20(11-4-5-12-20)19(23)22(2)17-10-13-24-18(14-17)15-6-8-16(21)9-7-15/h6-9,17-18H,3-5,10-14H2,1-2H3. The van der Waals surface area contributed by atoms with Crippen LogP contribution in [0, 0.1) is 5.82 Å². The van der Waals surface area contributed by atoms with Gasteiger partial charge in [0.1, 0.15) is 11.4 Å². The minimum absolute atomic E-state index is 0.0961. The fourth-order valence-corrected chi connectivity index (χ4v) is 4.17. The van der Waals surface area contributed by atoms with Crippen molar-refractivity contribution in [3.8, 4) is 0 Å². The first-order valence-electron chi connectivity index (χ1n) is 9.34. The zero-order valence-corrected chi connectivity index (χ0v) is 15.2. The highest BCUT2D eigenvalue weighted by molar-refractivity contribution is 5.85. The molecule has 0 spiro atoms. The second kappa shape index (κ2) is 7.83. The number of halogens is 1. The van der Waals surface area contributed by atoms with Crippen LogP contribution in [0.15, 0.2) is 24.3 Å². The molecule has 5 heteroatoms. The number of nitrogens with zero attached hydrogens (tertiary/aromatic N) is 1. The van der Waals surface area contributed by atoms with E-state index in [0.717, 1.165) is 44.1 Å². The van der Waals surface area contributed by atoms with Crippen molar-refractivity contribution in [2.24, 2.45) is 0 Å². The Hall–Kier alpha value is -1.46. The van der Waals surface area contributed by atoms with Gasteiger partial charge >= 0.3 is 0 Å². The second-order valence-corrected chi connectivity index (χ2v) is 7.14. The summed E-state index contributed by atoms with van der Waals surface area (Å²) in [5, 5.41) is 0. The first-order valence-corrected chi connectivity index (χ1v) is 9.34. The average molecular weight is 349 g/mol. The van der Waals surface area contributed by atoms with Gasteiger partial charge in [-0.05, 0) is 63.1 Å². The lowest BCUT2D eigenvalue weighted by Gasteiger charge is -2.40. The largest absolute Gasteiger partial charge is 0.373 e. The Labute approximate surface area is 149 Å². The molecule has 1 saturated heterocycles. The maximum atomic E-state index is 13.2. The van der Waals surface area contributed by atoms with Crippen molar-refractivity contribution in [1.29, 1.82) is 0 Å². The maximum absolute atomic E-state index is 13.2. The van der Waals surface area contributed by atoms with E-state index in [9.17, 15) is 9.18 Å². The lowest BCUT2D eigenvalue weighted by Crippen LogP contribution is -2.52. The highest BCUT2D eigenvalue weighted by Gasteiger charge is 2.45. The first-order chi connectivity index (χ1) is 12.1. The number of likely N-dealkylation sites (N-methyl/N-ethyl adjacent to an activating group) is 1. The van der Waals surface area contributed by atoms with Gasteiger partial charge in [-0.3, -0.25) is 4.79 Å². The topological polar surface area (TPSA) is 38.8 Å². The Bertz CT molecular complexity index is 583. The van der Waals surface area contributed by atoms with E-state index in [1.807, 2.05) is 18.9 Å². The average Bonchev–Trinajstić information content (AvgIpc) is 3.11. The molecule has 1 aliphatic heterocycles. The van der Waals surface area contributed by atoms with Gasteiger partial charge in [-0.1, -0.05) is 12.1 Å². The monoisotopic (exact) mass is 349 g/mol. The minimum atomic E-state index is -0.632. The molecule has 3 rings (SSSR count). The number of ether oxygens (including phenoxy) is 2. The molecule has 0 radical (unpaired) electrons. The second-order valence-electron chi connectivity index (χ2n) is 7.14. The van der Waals surface area contributed by atoms with Crippen LogP contribution in [0.25, 0.3) is 0 Å². The summed E-state index contributed by atoms with van der Waals surface area (Å²) in [6.45, 7) is 3.11. The van der Waals surface area contributed by atoms with Crippen LogP contribution in [0.5, 0.6) is 0 Å². The fraction of sp³-hybridized carbons (Fsp3) is 0.650. The van der Waals surface area contributed by atoms with E-state index >= 15 is 0 Å². The molecule has 1 heterocycles. The third-order valence-corrected chi connectivity index (χ3v) is 5.59. The van der Waals surface area contributed by atoms with Crippen LogP contribution >= 0.6 is 0 Å². The predicted octanol–water partition coefficient (Wildman–Crippen LogP) is 3.85. The van der Waals surface area contributed by atoms with Crippen molar-refractivity contribution in [3.63, 3.8) is 0 Å². The van der Waals surface area contributed by atoms with Crippen LogP contribution in [0.4, 0.5) is 4.39 Å². The maximum Gasteiger partial charge on any atom is 0.254 e. The number of rotatable bonds is 5. The molecule has 1 aliphatic carbocycles. The van der Waals surface area contributed by atoms with Gasteiger partial charge in [-0.2, -0.15) is 0 Å². The molecule has 1 aromatic rings. The van der Waals surface area contributed by atoms with Gasteiger partial charge in [-0.15, -0.1) is 0 Å². The molecule has 1 aromatic carbocycles. The number of carbonyl (C=O) groups is 1. The van der Waals surface area contributed by atoms with Gasteiger partial charge < -0.3 is 14.4 Å². The molecule has 138 valence electrons. The third kappa shape index (κ3) is 3.87. The summed E-state index contributed by atoms with van der Waals surface area (Å²) in [7, 11) is 1.89. The lowest BCUT2D eigenvalue weighted by molar-refractivity contribution is -0.161. The molecule has 0 bridgehead atoms. The van der Waals surface area contributed by atoms with Crippen LogP contribution in [-0.4, -0.2) is 42.7 Å².